The summed E-state index contributed by atoms with van der Waals surface area (Å²) in [7, 11) is 0. The smallest absolute Gasteiger partial charge is 0.278 e. The standard InChI is InChI=1S/C35H35ClFN7O3/c1-35(25-8-7-22(36)15-26(25)37)46-30-4-2-3-24(32(30)47-35)20-9-12-43(13-10-20)19-31-39-27-16-28(34-40-33(41-42-34)21-5-6-21)38-17-29(27)44(31)18-23-11-14-45-23/h2-4,7-8,15-17,20-21,23H,5-6,9-14,18-19H2,1H3,(H,40,41,42). The Bertz CT molecular complexity index is 1980. The van der Waals surface area contributed by atoms with E-state index in [1.54, 1.807) is 19.1 Å². The van der Waals surface area contributed by atoms with E-state index in [4.69, 9.17) is 35.8 Å². The summed E-state index contributed by atoms with van der Waals surface area (Å²) in [6.45, 7) is 5.88. The number of aromatic amines is 1. The molecule has 1 aliphatic carbocycles. The lowest BCUT2D eigenvalue weighted by Crippen LogP contribution is -2.35. The normalized spacial score (nSPS) is 23.0. The van der Waals surface area contributed by atoms with Gasteiger partial charge in [0, 0.05) is 30.0 Å². The molecule has 2 aromatic carbocycles. The average molecular weight is 656 g/mol. The summed E-state index contributed by atoms with van der Waals surface area (Å²) in [6, 6.07) is 12.6. The van der Waals surface area contributed by atoms with Crippen molar-refractivity contribution >= 4 is 22.6 Å². The lowest BCUT2D eigenvalue weighted by Gasteiger charge is -2.33. The van der Waals surface area contributed by atoms with E-state index in [-0.39, 0.29) is 6.10 Å². The molecule has 2 saturated heterocycles. The molecule has 0 radical (unpaired) electrons. The Morgan fingerprint density at radius 2 is 1.87 bits per heavy atom. The van der Waals surface area contributed by atoms with Gasteiger partial charge in [0.15, 0.2) is 17.3 Å². The number of rotatable bonds is 8. The minimum atomic E-state index is -1.27. The van der Waals surface area contributed by atoms with Gasteiger partial charge in [0.25, 0.3) is 5.79 Å². The molecule has 3 aliphatic heterocycles. The van der Waals surface area contributed by atoms with E-state index in [0.29, 0.717) is 39.7 Å². The van der Waals surface area contributed by atoms with Crippen molar-refractivity contribution in [3.05, 3.63) is 82.3 Å². The average Bonchev–Trinajstić information content (AvgIpc) is 3.50. The predicted octanol–water partition coefficient (Wildman–Crippen LogP) is 6.70. The Kier molecular flexibility index (Phi) is 6.99. The number of pyridine rings is 1. The van der Waals surface area contributed by atoms with E-state index in [1.165, 1.54) is 6.07 Å². The van der Waals surface area contributed by atoms with Crippen LogP contribution in [0.1, 0.15) is 73.6 Å². The number of imidazole rings is 1. The number of halogens is 2. The molecule has 242 valence electrons. The number of likely N-dealkylation sites (tertiary alicyclic amines) is 1. The quantitative estimate of drug-likeness (QED) is 0.197. The van der Waals surface area contributed by atoms with Gasteiger partial charge in [-0.15, -0.1) is 10.2 Å². The van der Waals surface area contributed by atoms with Crippen molar-refractivity contribution in [3.63, 3.8) is 0 Å². The molecule has 4 aliphatic rings. The number of para-hydroxylation sites is 1. The number of nitrogens with zero attached hydrogens (tertiary/aromatic N) is 6. The fourth-order valence-electron chi connectivity index (χ4n) is 7.13. The van der Waals surface area contributed by atoms with Crippen molar-refractivity contribution in [1.29, 1.82) is 0 Å². The number of benzene rings is 2. The van der Waals surface area contributed by atoms with Crippen LogP contribution in [0.25, 0.3) is 22.6 Å². The number of piperidine rings is 1. The van der Waals surface area contributed by atoms with Crippen molar-refractivity contribution in [1.82, 2.24) is 34.6 Å². The van der Waals surface area contributed by atoms with Crippen LogP contribution in [0.2, 0.25) is 5.02 Å². The molecule has 9 rings (SSSR count). The maximum absolute atomic E-state index is 14.9. The molecule has 6 heterocycles. The van der Waals surface area contributed by atoms with Gasteiger partial charge in [0.1, 0.15) is 23.2 Å². The van der Waals surface area contributed by atoms with E-state index < -0.39 is 11.6 Å². The molecule has 3 fully saturated rings. The summed E-state index contributed by atoms with van der Waals surface area (Å²) in [5, 5.41) is 9.03. The zero-order chi connectivity index (χ0) is 31.7. The summed E-state index contributed by atoms with van der Waals surface area (Å²) >= 11 is 6.00. The highest BCUT2D eigenvalue weighted by Gasteiger charge is 2.43. The number of hydrogen-bond acceptors (Lipinski definition) is 8. The highest BCUT2D eigenvalue weighted by molar-refractivity contribution is 6.30. The molecule has 2 unspecified atom stereocenters. The van der Waals surface area contributed by atoms with Gasteiger partial charge in [0.2, 0.25) is 0 Å². The maximum Gasteiger partial charge on any atom is 0.278 e. The first kappa shape index (κ1) is 29.1. The van der Waals surface area contributed by atoms with E-state index in [2.05, 4.69) is 30.7 Å². The van der Waals surface area contributed by atoms with E-state index in [1.807, 2.05) is 24.4 Å². The van der Waals surface area contributed by atoms with Gasteiger partial charge >= 0.3 is 0 Å². The van der Waals surface area contributed by atoms with E-state index in [0.717, 1.165) is 98.8 Å². The summed E-state index contributed by atoms with van der Waals surface area (Å²) in [5.41, 5.74) is 4.09. The fourth-order valence-corrected chi connectivity index (χ4v) is 7.29. The van der Waals surface area contributed by atoms with Crippen molar-refractivity contribution in [2.75, 3.05) is 19.7 Å². The SMILES string of the molecule is CC1(c2ccc(Cl)cc2F)Oc2cccc(C3CCN(Cc4nc5cc(-c6nnc(C7CC7)[nH]6)ncc5n4CC4CCO4)CC3)c2O1. The zero-order valence-electron chi connectivity index (χ0n) is 26.1. The van der Waals surface area contributed by atoms with Gasteiger partial charge < -0.3 is 23.8 Å². The van der Waals surface area contributed by atoms with Crippen molar-refractivity contribution in [3.8, 4) is 23.0 Å². The number of nitrogens with one attached hydrogen (secondary N) is 1. The van der Waals surface area contributed by atoms with Crippen LogP contribution in [0, 0.1) is 5.82 Å². The van der Waals surface area contributed by atoms with Crippen LogP contribution < -0.4 is 9.47 Å². The Balaban J connectivity index is 0.926. The molecule has 1 saturated carbocycles. The minimum absolute atomic E-state index is 0.196. The summed E-state index contributed by atoms with van der Waals surface area (Å²) in [4.78, 5) is 15.7. The van der Waals surface area contributed by atoms with Crippen LogP contribution in [0.4, 0.5) is 4.39 Å². The molecule has 10 nitrogen and oxygen atoms in total. The monoisotopic (exact) mass is 655 g/mol. The number of H-pyrrole nitrogens is 1. The first-order chi connectivity index (χ1) is 22.9. The zero-order valence-corrected chi connectivity index (χ0v) is 26.8. The minimum Gasteiger partial charge on any atom is -0.444 e. The van der Waals surface area contributed by atoms with Crippen molar-refractivity contribution in [2.45, 2.75) is 75.8 Å². The lowest BCUT2D eigenvalue weighted by molar-refractivity contribution is -0.0712. The fraction of sp³-hybridized carbons (Fsp3) is 0.429. The molecule has 2 atom stereocenters. The molecule has 0 amide bonds. The summed E-state index contributed by atoms with van der Waals surface area (Å²) < 4.78 is 35.6. The van der Waals surface area contributed by atoms with Gasteiger partial charge in [-0.25, -0.2) is 9.37 Å². The van der Waals surface area contributed by atoms with Crippen LogP contribution in [-0.4, -0.2) is 60.4 Å². The third kappa shape index (κ3) is 5.34. The molecule has 0 spiro atoms. The molecule has 0 bridgehead atoms. The summed E-state index contributed by atoms with van der Waals surface area (Å²) in [5.74, 6) is 3.06. The van der Waals surface area contributed by atoms with Gasteiger partial charge in [-0.2, -0.15) is 0 Å². The molecule has 47 heavy (non-hydrogen) atoms. The number of hydrogen-bond donors (Lipinski definition) is 1. The van der Waals surface area contributed by atoms with Crippen LogP contribution in [0.15, 0.2) is 48.7 Å². The first-order valence-electron chi connectivity index (χ1n) is 16.5. The second kappa shape index (κ2) is 11.3. The number of fused-ring (bicyclic) bond motifs is 2. The molecular weight excluding hydrogens is 621 g/mol. The summed E-state index contributed by atoms with van der Waals surface area (Å²) in [6.07, 6.45) is 7.39. The van der Waals surface area contributed by atoms with Crippen LogP contribution in [-0.2, 0) is 23.6 Å². The second-order valence-corrected chi connectivity index (χ2v) is 13.7. The molecule has 5 aromatic rings. The maximum atomic E-state index is 14.9. The van der Waals surface area contributed by atoms with Crippen molar-refractivity contribution in [2.24, 2.45) is 0 Å². The van der Waals surface area contributed by atoms with Gasteiger partial charge in [-0.1, -0.05) is 23.7 Å². The van der Waals surface area contributed by atoms with Gasteiger partial charge in [0.05, 0.1) is 42.0 Å². The first-order valence-corrected chi connectivity index (χ1v) is 16.9. The molecule has 12 heteroatoms. The highest BCUT2D eigenvalue weighted by Crippen LogP contribution is 2.50. The molecular formula is C35H35ClFN7O3. The Morgan fingerprint density at radius 3 is 2.64 bits per heavy atom. The number of aromatic nitrogens is 6. The second-order valence-electron chi connectivity index (χ2n) is 13.3. The van der Waals surface area contributed by atoms with Crippen molar-refractivity contribution < 1.29 is 18.6 Å². The van der Waals surface area contributed by atoms with E-state index in [9.17, 15) is 4.39 Å². The lowest BCUT2D eigenvalue weighted by atomic mass is 9.88. The van der Waals surface area contributed by atoms with Gasteiger partial charge in [-0.05, 0) is 81.4 Å². The van der Waals surface area contributed by atoms with Crippen LogP contribution in [0.5, 0.6) is 11.5 Å². The predicted molar refractivity (Wildman–Crippen MR) is 173 cm³/mol. The Morgan fingerprint density at radius 1 is 1.02 bits per heavy atom. The third-order valence-electron chi connectivity index (χ3n) is 10.0. The molecule has 3 aromatic heterocycles. The highest BCUT2D eigenvalue weighted by atomic mass is 35.5. The molecule has 1 N–H and O–H groups in total. The van der Waals surface area contributed by atoms with E-state index >= 15 is 0 Å². The topological polar surface area (TPSA) is 103 Å². The largest absolute Gasteiger partial charge is 0.444 e. The number of ether oxygens (including phenoxy) is 3. The van der Waals surface area contributed by atoms with Gasteiger partial charge in [-0.3, -0.25) is 9.88 Å². The third-order valence-corrected chi connectivity index (χ3v) is 10.3. The van der Waals surface area contributed by atoms with Crippen LogP contribution in [0.3, 0.4) is 0 Å². The Hall–Kier alpha value is -4.06. The Labute approximate surface area is 276 Å². The van der Waals surface area contributed by atoms with Crippen LogP contribution >= 0.6 is 11.6 Å².